The zero-order valence-electron chi connectivity index (χ0n) is 17.8. The van der Waals surface area contributed by atoms with Gasteiger partial charge in [-0.3, -0.25) is 9.20 Å². The minimum Gasteiger partial charge on any atom is -0.436 e. The van der Waals surface area contributed by atoms with E-state index in [4.69, 9.17) is 4.74 Å². The van der Waals surface area contributed by atoms with Gasteiger partial charge >= 0.3 is 0 Å². The first-order valence-electron chi connectivity index (χ1n) is 10.6. The molecule has 0 aliphatic heterocycles. The van der Waals surface area contributed by atoms with E-state index in [2.05, 4.69) is 20.5 Å². The van der Waals surface area contributed by atoms with Crippen molar-refractivity contribution in [3.63, 3.8) is 0 Å². The van der Waals surface area contributed by atoms with Crippen molar-refractivity contribution in [2.24, 2.45) is 0 Å². The van der Waals surface area contributed by atoms with Gasteiger partial charge in [-0.25, -0.2) is 9.37 Å². The van der Waals surface area contributed by atoms with Crippen molar-refractivity contribution in [1.82, 2.24) is 19.6 Å². The second-order valence-corrected chi connectivity index (χ2v) is 7.51. The number of halogens is 1. The Balaban J connectivity index is 1.35. The highest BCUT2D eigenvalue weighted by Crippen LogP contribution is 2.28. The first-order chi connectivity index (χ1) is 16.1. The lowest BCUT2D eigenvalue weighted by Crippen LogP contribution is -2.14. The molecule has 1 N–H and O–H groups in total. The lowest BCUT2D eigenvalue weighted by atomic mass is 10.1. The Morgan fingerprint density at radius 2 is 1.76 bits per heavy atom. The van der Waals surface area contributed by atoms with E-state index in [0.29, 0.717) is 23.0 Å². The topological polar surface area (TPSA) is 81.4 Å². The number of benzene rings is 3. The predicted molar refractivity (Wildman–Crippen MR) is 123 cm³/mol. The number of hydrogen-bond acceptors (Lipinski definition) is 5. The average molecular weight is 441 g/mol. The fourth-order valence-corrected chi connectivity index (χ4v) is 3.62. The quantitative estimate of drug-likeness (QED) is 0.403. The van der Waals surface area contributed by atoms with Gasteiger partial charge in [0.05, 0.1) is 17.5 Å². The third-order valence-electron chi connectivity index (χ3n) is 5.21. The molecule has 0 fully saturated rings. The molecule has 0 unspecified atom stereocenters. The van der Waals surface area contributed by atoms with Crippen LogP contribution in [0.3, 0.4) is 0 Å². The molecular formula is C25H20FN5O2. The Labute approximate surface area is 188 Å². The summed E-state index contributed by atoms with van der Waals surface area (Å²) in [4.78, 5) is 16.9. The summed E-state index contributed by atoms with van der Waals surface area (Å²) in [6.45, 7) is 2.02. The zero-order valence-corrected chi connectivity index (χ0v) is 17.8. The van der Waals surface area contributed by atoms with Crippen molar-refractivity contribution >= 4 is 28.3 Å². The highest BCUT2D eigenvalue weighted by Gasteiger charge is 2.16. The number of hydrogen-bond donors (Lipinski definition) is 1. The zero-order chi connectivity index (χ0) is 22.8. The molecular weight excluding hydrogens is 421 g/mol. The Kier molecular flexibility index (Phi) is 5.40. The molecule has 0 aliphatic carbocycles. The molecule has 0 bridgehead atoms. The first kappa shape index (κ1) is 20.6. The van der Waals surface area contributed by atoms with Gasteiger partial charge in [0.2, 0.25) is 11.6 Å². The predicted octanol–water partition coefficient (Wildman–Crippen LogP) is 4.95. The molecule has 0 radical (unpaired) electrons. The van der Waals surface area contributed by atoms with E-state index in [0.717, 1.165) is 28.8 Å². The van der Waals surface area contributed by atoms with E-state index in [1.807, 2.05) is 35.6 Å². The minimum atomic E-state index is -0.329. The fourth-order valence-electron chi connectivity index (χ4n) is 3.62. The maximum absolute atomic E-state index is 13.0. The van der Waals surface area contributed by atoms with Crippen molar-refractivity contribution in [2.45, 2.75) is 19.8 Å². The number of aromatic nitrogens is 4. The van der Waals surface area contributed by atoms with E-state index in [9.17, 15) is 9.18 Å². The monoisotopic (exact) mass is 441 g/mol. The number of para-hydroxylation sites is 2. The maximum Gasteiger partial charge on any atom is 0.266 e. The third kappa shape index (κ3) is 4.23. The minimum absolute atomic E-state index is 0.157. The second kappa shape index (κ2) is 8.66. The summed E-state index contributed by atoms with van der Waals surface area (Å²) in [6.07, 6.45) is 0.880. The summed E-state index contributed by atoms with van der Waals surface area (Å²) >= 11 is 0. The molecule has 0 spiro atoms. The number of carbonyl (C=O) groups is 1. The number of fused-ring (bicyclic) bond motifs is 3. The maximum atomic E-state index is 13.0. The van der Waals surface area contributed by atoms with Crippen LogP contribution >= 0.6 is 0 Å². The van der Waals surface area contributed by atoms with E-state index in [1.165, 1.54) is 12.1 Å². The van der Waals surface area contributed by atoms with Crippen LogP contribution in [0.1, 0.15) is 18.3 Å². The molecule has 7 nitrogen and oxygen atoms in total. The molecule has 8 heteroatoms. The number of aryl methyl sites for hydroxylation is 1. The molecule has 5 rings (SSSR count). The summed E-state index contributed by atoms with van der Waals surface area (Å²) < 4.78 is 21.0. The Bertz CT molecular complexity index is 1450. The van der Waals surface area contributed by atoms with Gasteiger partial charge in [0.1, 0.15) is 17.4 Å². The molecule has 3 aromatic carbocycles. The molecule has 2 aromatic heterocycles. The van der Waals surface area contributed by atoms with E-state index in [1.54, 1.807) is 36.4 Å². The Hall–Kier alpha value is -4.33. The van der Waals surface area contributed by atoms with Crippen LogP contribution in [-0.2, 0) is 17.6 Å². The van der Waals surface area contributed by atoms with Gasteiger partial charge in [-0.15, -0.1) is 10.2 Å². The van der Waals surface area contributed by atoms with Gasteiger partial charge in [0, 0.05) is 12.1 Å². The molecule has 0 saturated carbocycles. The van der Waals surface area contributed by atoms with Crippen molar-refractivity contribution in [3.05, 3.63) is 90.0 Å². The highest BCUT2D eigenvalue weighted by molar-refractivity contribution is 5.92. The van der Waals surface area contributed by atoms with Crippen molar-refractivity contribution in [1.29, 1.82) is 0 Å². The molecule has 164 valence electrons. The lowest BCUT2D eigenvalue weighted by Gasteiger charge is -2.10. The summed E-state index contributed by atoms with van der Waals surface area (Å²) in [7, 11) is 0. The van der Waals surface area contributed by atoms with Crippen molar-refractivity contribution < 1.29 is 13.9 Å². The third-order valence-corrected chi connectivity index (χ3v) is 5.21. The van der Waals surface area contributed by atoms with Gasteiger partial charge in [-0.1, -0.05) is 31.2 Å². The van der Waals surface area contributed by atoms with E-state index >= 15 is 0 Å². The van der Waals surface area contributed by atoms with Crippen LogP contribution in [-0.4, -0.2) is 25.5 Å². The summed E-state index contributed by atoms with van der Waals surface area (Å²) in [5.74, 6) is 1.22. The van der Waals surface area contributed by atoms with Crippen LogP contribution in [0.5, 0.6) is 11.6 Å². The summed E-state index contributed by atoms with van der Waals surface area (Å²) in [5, 5.41) is 11.4. The van der Waals surface area contributed by atoms with Crippen LogP contribution in [0.4, 0.5) is 10.1 Å². The number of ether oxygens (including phenoxy) is 1. The SMILES string of the molecule is CCc1nnc2c(Oc3ccc(NC(=O)Cc4ccc(F)cc4)cc3)nc3ccccc3n12. The molecule has 0 saturated heterocycles. The lowest BCUT2D eigenvalue weighted by molar-refractivity contribution is -0.115. The molecule has 1 amide bonds. The number of carbonyl (C=O) groups excluding carboxylic acids is 1. The van der Waals surface area contributed by atoms with Crippen molar-refractivity contribution in [3.8, 4) is 11.6 Å². The average Bonchev–Trinajstić information content (AvgIpc) is 3.27. The molecule has 5 aromatic rings. The van der Waals surface area contributed by atoms with E-state index in [-0.39, 0.29) is 18.1 Å². The Morgan fingerprint density at radius 1 is 1.00 bits per heavy atom. The summed E-state index contributed by atoms with van der Waals surface area (Å²) in [5.41, 5.74) is 3.60. The first-order valence-corrected chi connectivity index (χ1v) is 10.6. The van der Waals surface area contributed by atoms with E-state index < -0.39 is 0 Å². The van der Waals surface area contributed by atoms with Crippen LogP contribution in [0.15, 0.2) is 72.8 Å². The number of rotatable bonds is 6. The smallest absolute Gasteiger partial charge is 0.266 e. The number of anilines is 1. The van der Waals surface area contributed by atoms with Gasteiger partial charge < -0.3 is 10.1 Å². The molecule has 0 aliphatic rings. The van der Waals surface area contributed by atoms with Crippen LogP contribution < -0.4 is 10.1 Å². The molecule has 0 atom stereocenters. The van der Waals surface area contributed by atoms with Gasteiger partial charge in [-0.05, 0) is 54.1 Å². The van der Waals surface area contributed by atoms with Gasteiger partial charge in [-0.2, -0.15) is 0 Å². The number of nitrogens with one attached hydrogen (secondary N) is 1. The van der Waals surface area contributed by atoms with Crippen LogP contribution in [0, 0.1) is 5.82 Å². The normalized spacial score (nSPS) is 11.1. The summed E-state index contributed by atoms with van der Waals surface area (Å²) in [6, 6.07) is 20.6. The fraction of sp³-hybridized carbons (Fsp3) is 0.120. The molecule has 33 heavy (non-hydrogen) atoms. The highest BCUT2D eigenvalue weighted by atomic mass is 19.1. The van der Waals surface area contributed by atoms with Crippen LogP contribution in [0.25, 0.3) is 16.7 Å². The van der Waals surface area contributed by atoms with Gasteiger partial charge in [0.15, 0.2) is 0 Å². The largest absolute Gasteiger partial charge is 0.436 e. The van der Waals surface area contributed by atoms with Gasteiger partial charge in [0.25, 0.3) is 5.88 Å². The standard InChI is InChI=1S/C25H20FN5O2/c1-2-22-29-30-24-25(28-20-5-3-4-6-21(20)31(22)24)33-19-13-11-18(12-14-19)27-23(32)15-16-7-9-17(26)10-8-16/h3-14H,2,15H2,1H3,(H,27,32). The second-order valence-electron chi connectivity index (χ2n) is 7.51. The van der Waals surface area contributed by atoms with Crippen molar-refractivity contribution in [2.75, 3.05) is 5.32 Å². The Morgan fingerprint density at radius 3 is 2.52 bits per heavy atom. The van der Waals surface area contributed by atoms with Crippen LogP contribution in [0.2, 0.25) is 0 Å². The number of nitrogens with zero attached hydrogens (tertiary/aromatic N) is 4. The number of amides is 1. The molecule has 2 heterocycles.